The molecule has 0 aromatic carbocycles. The number of hydrogen-bond acceptors (Lipinski definition) is 3. The second-order valence-corrected chi connectivity index (χ2v) is 6.78. The first-order valence-corrected chi connectivity index (χ1v) is 8.32. The van der Waals surface area contributed by atoms with Gasteiger partial charge < -0.3 is 15.5 Å². The number of nitrogens with two attached hydrogens (primary N) is 1. The molecule has 120 valence electrons. The van der Waals surface area contributed by atoms with Gasteiger partial charge in [-0.2, -0.15) is 0 Å². The third-order valence-corrected chi connectivity index (χ3v) is 4.68. The molecule has 0 spiro atoms. The molecule has 1 heterocycles. The maximum Gasteiger partial charge on any atom is 0.225 e. The van der Waals surface area contributed by atoms with Gasteiger partial charge in [0.25, 0.3) is 0 Å². The number of carbonyl (C=O) groups is 2. The third-order valence-electron chi connectivity index (χ3n) is 4.68. The van der Waals surface area contributed by atoms with Crippen molar-refractivity contribution in [2.75, 3.05) is 26.2 Å². The first-order valence-electron chi connectivity index (χ1n) is 8.32. The summed E-state index contributed by atoms with van der Waals surface area (Å²) in [5.74, 6) is 0.581. The van der Waals surface area contributed by atoms with Gasteiger partial charge in [0.1, 0.15) is 0 Å². The van der Waals surface area contributed by atoms with Gasteiger partial charge in [-0.05, 0) is 25.7 Å². The van der Waals surface area contributed by atoms with Crippen LogP contribution in [-0.2, 0) is 9.59 Å². The average molecular weight is 295 g/mol. The Hall–Kier alpha value is -1.10. The number of nitrogens with zero attached hydrogens (tertiary/aromatic N) is 2. The first kappa shape index (κ1) is 16.3. The molecule has 2 fully saturated rings. The van der Waals surface area contributed by atoms with Gasteiger partial charge in [0.2, 0.25) is 11.8 Å². The molecule has 0 aromatic rings. The van der Waals surface area contributed by atoms with Crippen molar-refractivity contribution in [3.63, 3.8) is 0 Å². The van der Waals surface area contributed by atoms with E-state index in [-0.39, 0.29) is 29.7 Å². The molecule has 1 saturated carbocycles. The smallest absolute Gasteiger partial charge is 0.225 e. The molecule has 2 N–H and O–H groups in total. The summed E-state index contributed by atoms with van der Waals surface area (Å²) in [4.78, 5) is 28.6. The largest absolute Gasteiger partial charge is 0.341 e. The van der Waals surface area contributed by atoms with Gasteiger partial charge >= 0.3 is 0 Å². The predicted molar refractivity (Wildman–Crippen MR) is 82.5 cm³/mol. The second kappa shape index (κ2) is 7.25. The summed E-state index contributed by atoms with van der Waals surface area (Å²) in [5.41, 5.74) is 5.99. The van der Waals surface area contributed by atoms with Crippen LogP contribution in [0.25, 0.3) is 0 Å². The van der Waals surface area contributed by atoms with Crippen molar-refractivity contribution in [3.8, 4) is 0 Å². The highest BCUT2D eigenvalue weighted by molar-refractivity contribution is 5.80. The Labute approximate surface area is 127 Å². The molecule has 2 amide bonds. The van der Waals surface area contributed by atoms with Gasteiger partial charge in [-0.1, -0.05) is 20.3 Å². The summed E-state index contributed by atoms with van der Waals surface area (Å²) in [6.45, 7) is 6.74. The molecule has 1 aliphatic carbocycles. The molecule has 5 heteroatoms. The topological polar surface area (TPSA) is 66.6 Å². The fraction of sp³-hybridized carbons (Fsp3) is 0.875. The third kappa shape index (κ3) is 4.19. The van der Waals surface area contributed by atoms with Crippen LogP contribution in [0.3, 0.4) is 0 Å². The van der Waals surface area contributed by atoms with E-state index < -0.39 is 0 Å². The molecule has 2 unspecified atom stereocenters. The van der Waals surface area contributed by atoms with Crippen molar-refractivity contribution >= 4 is 11.8 Å². The van der Waals surface area contributed by atoms with Crippen molar-refractivity contribution in [1.29, 1.82) is 0 Å². The Morgan fingerprint density at radius 2 is 1.67 bits per heavy atom. The lowest BCUT2D eigenvalue weighted by Gasteiger charge is -2.31. The van der Waals surface area contributed by atoms with E-state index in [1.165, 1.54) is 0 Å². The van der Waals surface area contributed by atoms with Crippen molar-refractivity contribution in [2.45, 2.75) is 52.0 Å². The fourth-order valence-corrected chi connectivity index (χ4v) is 3.43. The quantitative estimate of drug-likeness (QED) is 0.833. The van der Waals surface area contributed by atoms with Crippen LogP contribution >= 0.6 is 0 Å². The predicted octanol–water partition coefficient (Wildman–Crippen LogP) is 1.22. The lowest BCUT2D eigenvalue weighted by Crippen LogP contribution is -2.43. The number of carbonyl (C=O) groups excluding carboxylic acids is 2. The van der Waals surface area contributed by atoms with E-state index in [1.54, 1.807) is 0 Å². The molecule has 5 nitrogen and oxygen atoms in total. The fourth-order valence-electron chi connectivity index (χ4n) is 3.43. The van der Waals surface area contributed by atoms with Gasteiger partial charge in [-0.3, -0.25) is 9.59 Å². The van der Waals surface area contributed by atoms with Gasteiger partial charge in [0, 0.05) is 44.1 Å². The minimum Gasteiger partial charge on any atom is -0.341 e. The van der Waals surface area contributed by atoms with Crippen LogP contribution in [-0.4, -0.2) is 53.8 Å². The van der Waals surface area contributed by atoms with Crippen LogP contribution in [0, 0.1) is 11.8 Å². The van der Waals surface area contributed by atoms with Gasteiger partial charge in [-0.25, -0.2) is 0 Å². The first-order chi connectivity index (χ1) is 9.99. The Kier molecular flexibility index (Phi) is 5.62. The van der Waals surface area contributed by atoms with Crippen LogP contribution in [0.15, 0.2) is 0 Å². The van der Waals surface area contributed by atoms with E-state index in [2.05, 4.69) is 0 Å². The number of hydrogen-bond donors (Lipinski definition) is 1. The standard InChI is InChI=1S/C16H29N3O2/c1-12(2)15(20)18-7-4-8-19(10-9-18)16(21)13-5-3-6-14(17)11-13/h12-14H,3-11,17H2,1-2H3. The molecular formula is C16H29N3O2. The Bertz CT molecular complexity index is 384. The van der Waals surface area contributed by atoms with Crippen LogP contribution in [0.2, 0.25) is 0 Å². The molecule has 2 rings (SSSR count). The monoisotopic (exact) mass is 295 g/mol. The van der Waals surface area contributed by atoms with Crippen LogP contribution in [0.1, 0.15) is 46.0 Å². The van der Waals surface area contributed by atoms with Gasteiger partial charge in [0.15, 0.2) is 0 Å². The minimum absolute atomic E-state index is 0.0311. The maximum atomic E-state index is 12.6. The van der Waals surface area contributed by atoms with E-state index in [9.17, 15) is 9.59 Å². The average Bonchev–Trinajstić information content (AvgIpc) is 2.71. The molecule has 21 heavy (non-hydrogen) atoms. The van der Waals surface area contributed by atoms with E-state index in [0.29, 0.717) is 13.1 Å². The molecule has 0 radical (unpaired) electrons. The van der Waals surface area contributed by atoms with Crippen LogP contribution in [0.5, 0.6) is 0 Å². The highest BCUT2D eigenvalue weighted by atomic mass is 16.2. The summed E-state index contributed by atoms with van der Waals surface area (Å²) in [6, 6.07) is 0.179. The summed E-state index contributed by atoms with van der Waals surface area (Å²) >= 11 is 0. The molecule has 2 aliphatic rings. The molecule has 1 aliphatic heterocycles. The van der Waals surface area contributed by atoms with Crippen molar-refractivity contribution < 1.29 is 9.59 Å². The van der Waals surface area contributed by atoms with E-state index in [0.717, 1.165) is 45.2 Å². The van der Waals surface area contributed by atoms with Crippen molar-refractivity contribution in [2.24, 2.45) is 17.6 Å². The molecule has 1 saturated heterocycles. The SMILES string of the molecule is CC(C)C(=O)N1CCCN(C(=O)C2CCCC(N)C2)CC1. The van der Waals surface area contributed by atoms with Crippen molar-refractivity contribution in [3.05, 3.63) is 0 Å². The summed E-state index contributed by atoms with van der Waals surface area (Å²) < 4.78 is 0. The summed E-state index contributed by atoms with van der Waals surface area (Å²) in [6.07, 6.45) is 4.77. The zero-order valence-corrected chi connectivity index (χ0v) is 13.4. The Balaban J connectivity index is 1.90. The molecule has 2 atom stereocenters. The summed E-state index contributed by atoms with van der Waals surface area (Å²) in [5, 5.41) is 0. The van der Waals surface area contributed by atoms with Crippen LogP contribution in [0.4, 0.5) is 0 Å². The van der Waals surface area contributed by atoms with E-state index in [1.807, 2.05) is 23.6 Å². The Morgan fingerprint density at radius 1 is 1.00 bits per heavy atom. The zero-order valence-electron chi connectivity index (χ0n) is 13.4. The minimum atomic E-state index is 0.0311. The van der Waals surface area contributed by atoms with Gasteiger partial charge in [-0.15, -0.1) is 0 Å². The van der Waals surface area contributed by atoms with E-state index >= 15 is 0 Å². The molecular weight excluding hydrogens is 266 g/mol. The van der Waals surface area contributed by atoms with E-state index in [4.69, 9.17) is 5.73 Å². The number of rotatable bonds is 2. The summed E-state index contributed by atoms with van der Waals surface area (Å²) in [7, 11) is 0. The maximum absolute atomic E-state index is 12.6. The molecule has 0 bridgehead atoms. The molecule has 0 aromatic heterocycles. The highest BCUT2D eigenvalue weighted by Crippen LogP contribution is 2.25. The second-order valence-electron chi connectivity index (χ2n) is 6.78. The number of amides is 2. The Morgan fingerprint density at radius 3 is 2.33 bits per heavy atom. The van der Waals surface area contributed by atoms with Crippen LogP contribution < -0.4 is 5.73 Å². The highest BCUT2D eigenvalue weighted by Gasteiger charge is 2.30. The lowest BCUT2D eigenvalue weighted by atomic mass is 9.85. The van der Waals surface area contributed by atoms with Crippen molar-refractivity contribution in [1.82, 2.24) is 9.80 Å². The lowest BCUT2D eigenvalue weighted by molar-refractivity contribution is -0.138. The normalized spacial score (nSPS) is 27.6. The zero-order chi connectivity index (χ0) is 15.4. The van der Waals surface area contributed by atoms with Gasteiger partial charge in [0.05, 0.1) is 0 Å².